The molecule has 43 heavy (non-hydrogen) atoms. The molecule has 0 spiro atoms. The number of aliphatic hydroxyl groups is 1. The molecule has 0 radical (unpaired) electrons. The van der Waals surface area contributed by atoms with Gasteiger partial charge in [0.15, 0.2) is 12.6 Å². The first-order valence-electron chi connectivity index (χ1n) is 13.9. The summed E-state index contributed by atoms with van der Waals surface area (Å²) in [7, 11) is 0. The van der Waals surface area contributed by atoms with Crippen molar-refractivity contribution in [3.8, 4) is 0 Å². The number of aliphatic carboxylic acids is 1. The van der Waals surface area contributed by atoms with Crippen LogP contribution >= 0.6 is 0 Å². The van der Waals surface area contributed by atoms with E-state index < -0.39 is 23.7 Å². The maximum Gasteiger partial charge on any atom is 0.430 e. The SMILES string of the molecule is O=C(C[N+]12CCC(CC1)[C@@H](OC(=O)C(O)(c1ccccc1)c1ccccc1)C2)NCc1ccccc1.O=C([O-])C(F)(F)F. The average molecular weight is 599 g/mol. The summed E-state index contributed by atoms with van der Waals surface area (Å²) in [5.41, 5.74) is 0.126. The molecule has 0 unspecified atom stereocenters. The van der Waals surface area contributed by atoms with Crippen LogP contribution in [0.2, 0.25) is 0 Å². The molecule has 0 aliphatic carbocycles. The second kappa shape index (κ2) is 13.4. The molecule has 0 aromatic heterocycles. The van der Waals surface area contributed by atoms with Gasteiger partial charge in [-0.3, -0.25) is 4.79 Å². The molecule has 3 aliphatic heterocycles. The summed E-state index contributed by atoms with van der Waals surface area (Å²) in [6.45, 7) is 3.27. The lowest BCUT2D eigenvalue weighted by molar-refractivity contribution is -0.939. The Morgan fingerprint density at radius 2 is 1.33 bits per heavy atom. The van der Waals surface area contributed by atoms with Crippen molar-refractivity contribution in [1.29, 1.82) is 0 Å². The molecule has 1 amide bonds. The highest BCUT2D eigenvalue weighted by Crippen LogP contribution is 2.38. The summed E-state index contributed by atoms with van der Waals surface area (Å²) in [5, 5.41) is 23.6. The number of esters is 1. The maximum absolute atomic E-state index is 13.6. The third kappa shape index (κ3) is 7.79. The van der Waals surface area contributed by atoms with E-state index in [0.717, 1.165) is 31.5 Å². The molecule has 1 atom stereocenters. The number of quaternary nitrogens is 1. The fourth-order valence-electron chi connectivity index (χ4n) is 5.72. The number of hydrogen-bond donors (Lipinski definition) is 2. The van der Waals surface area contributed by atoms with Gasteiger partial charge in [-0.25, -0.2) is 4.79 Å². The number of benzene rings is 3. The fraction of sp³-hybridized carbons (Fsp3) is 0.344. The van der Waals surface area contributed by atoms with Gasteiger partial charge in [0.25, 0.3) is 5.91 Å². The van der Waals surface area contributed by atoms with Crippen molar-refractivity contribution in [2.45, 2.75) is 37.3 Å². The average Bonchev–Trinajstić information content (AvgIpc) is 3.01. The van der Waals surface area contributed by atoms with Gasteiger partial charge in [0.05, 0.1) is 13.1 Å². The second-order valence-corrected chi connectivity index (χ2v) is 10.9. The Hall–Kier alpha value is -4.22. The van der Waals surface area contributed by atoms with Crippen LogP contribution in [0.4, 0.5) is 13.2 Å². The molecule has 3 aromatic carbocycles. The van der Waals surface area contributed by atoms with Crippen molar-refractivity contribution in [3.63, 3.8) is 0 Å². The molecule has 3 saturated heterocycles. The van der Waals surface area contributed by atoms with Crippen LogP contribution in [-0.2, 0) is 31.3 Å². The summed E-state index contributed by atoms with van der Waals surface area (Å²) in [6.07, 6.45) is -3.72. The number of nitrogens with zero attached hydrogens (tertiary/aromatic N) is 1. The minimum Gasteiger partial charge on any atom is -0.542 e. The van der Waals surface area contributed by atoms with Gasteiger partial charge in [0.1, 0.15) is 12.5 Å². The van der Waals surface area contributed by atoms with E-state index in [9.17, 15) is 27.9 Å². The Labute approximate surface area is 247 Å². The lowest BCUT2D eigenvalue weighted by Crippen LogP contribution is -2.66. The lowest BCUT2D eigenvalue weighted by Gasteiger charge is -2.51. The number of piperidine rings is 3. The molecule has 3 aromatic rings. The topological polar surface area (TPSA) is 116 Å². The van der Waals surface area contributed by atoms with E-state index in [4.69, 9.17) is 14.6 Å². The highest BCUT2D eigenvalue weighted by molar-refractivity contribution is 5.85. The van der Waals surface area contributed by atoms with Gasteiger partial charge in [-0.1, -0.05) is 91.0 Å². The molecule has 2 N–H and O–H groups in total. The number of fused-ring (bicyclic) bond motifs is 3. The molecular formula is C32H33F3N2O6. The first kappa shape index (κ1) is 31.7. The molecule has 3 aliphatic rings. The highest BCUT2D eigenvalue weighted by Gasteiger charge is 2.51. The number of carboxylic acids is 1. The first-order valence-corrected chi connectivity index (χ1v) is 13.9. The Morgan fingerprint density at radius 1 is 0.860 bits per heavy atom. The van der Waals surface area contributed by atoms with Crippen LogP contribution in [0.25, 0.3) is 0 Å². The molecule has 3 fully saturated rings. The van der Waals surface area contributed by atoms with Crippen molar-refractivity contribution >= 4 is 17.8 Å². The summed E-state index contributed by atoms with van der Waals surface area (Å²) < 4.78 is 38.3. The minimum atomic E-state index is -5.19. The quantitative estimate of drug-likeness (QED) is 0.305. The number of halogens is 3. The van der Waals surface area contributed by atoms with Gasteiger partial charge in [-0.05, 0) is 16.7 Å². The second-order valence-electron chi connectivity index (χ2n) is 10.9. The van der Waals surface area contributed by atoms with Crippen LogP contribution in [0.5, 0.6) is 0 Å². The third-order valence-corrected chi connectivity index (χ3v) is 8.02. The summed E-state index contributed by atoms with van der Waals surface area (Å²) in [4.78, 5) is 35.3. The predicted octanol–water partition coefficient (Wildman–Crippen LogP) is 2.69. The monoisotopic (exact) mass is 598 g/mol. The zero-order chi connectivity index (χ0) is 31.1. The molecular weight excluding hydrogens is 565 g/mol. The van der Waals surface area contributed by atoms with E-state index in [2.05, 4.69) is 5.32 Å². The van der Waals surface area contributed by atoms with Crippen LogP contribution < -0.4 is 10.4 Å². The van der Waals surface area contributed by atoms with E-state index in [0.29, 0.717) is 35.2 Å². The molecule has 6 rings (SSSR count). The van der Waals surface area contributed by atoms with Crippen LogP contribution in [0, 0.1) is 5.92 Å². The zero-order valence-electron chi connectivity index (χ0n) is 23.3. The summed E-state index contributed by atoms with van der Waals surface area (Å²) in [6, 6.07) is 27.8. The number of rotatable bonds is 8. The molecule has 0 saturated carbocycles. The number of alkyl halides is 3. The lowest BCUT2D eigenvalue weighted by atomic mass is 9.82. The number of amides is 1. The Bertz CT molecular complexity index is 1340. The highest BCUT2D eigenvalue weighted by atomic mass is 19.4. The molecule has 2 bridgehead atoms. The molecule has 3 heterocycles. The predicted molar refractivity (Wildman–Crippen MR) is 148 cm³/mol. The molecule has 228 valence electrons. The van der Waals surface area contributed by atoms with E-state index >= 15 is 0 Å². The third-order valence-electron chi connectivity index (χ3n) is 8.02. The van der Waals surface area contributed by atoms with Gasteiger partial charge >= 0.3 is 12.1 Å². The number of nitrogens with one attached hydrogen (secondary N) is 1. The van der Waals surface area contributed by atoms with Gasteiger partial charge in [0, 0.05) is 25.3 Å². The Morgan fingerprint density at radius 3 is 1.79 bits per heavy atom. The van der Waals surface area contributed by atoms with Crippen molar-refractivity contribution in [2.24, 2.45) is 5.92 Å². The Balaban J connectivity index is 0.000000541. The number of carbonyl (C=O) groups is 3. The number of carboxylic acid groups (broad SMARTS) is 1. The standard InChI is InChI=1S/C30H32N2O4.C2HF3O2/c33-28(31-20-23-10-4-1-5-11-23)22-32-18-16-24(17-19-32)27(21-32)36-29(34)30(35,25-12-6-2-7-13-25)26-14-8-3-9-15-26;3-2(4,5)1(6)7/h1-15,24,27,35H,16-22H2;(H,6,7)/t24?,27-,32?;/m0./s1. The smallest absolute Gasteiger partial charge is 0.430 e. The number of ether oxygens (including phenoxy) is 1. The summed E-state index contributed by atoms with van der Waals surface area (Å²) >= 11 is 0. The van der Waals surface area contributed by atoms with Gasteiger partial charge in [-0.2, -0.15) is 13.2 Å². The van der Waals surface area contributed by atoms with Crippen LogP contribution in [0.1, 0.15) is 29.5 Å². The van der Waals surface area contributed by atoms with Crippen molar-refractivity contribution in [1.82, 2.24) is 5.32 Å². The zero-order valence-corrected chi connectivity index (χ0v) is 23.3. The first-order chi connectivity index (χ1) is 20.4. The summed E-state index contributed by atoms with van der Waals surface area (Å²) in [5.74, 6) is -3.41. The van der Waals surface area contributed by atoms with Crippen LogP contribution in [-0.4, -0.2) is 65.9 Å². The number of carbonyl (C=O) groups excluding carboxylic acids is 3. The van der Waals surface area contributed by atoms with Gasteiger partial charge in [-0.15, -0.1) is 0 Å². The van der Waals surface area contributed by atoms with Crippen LogP contribution in [0.3, 0.4) is 0 Å². The van der Waals surface area contributed by atoms with Crippen molar-refractivity contribution in [2.75, 3.05) is 26.2 Å². The van der Waals surface area contributed by atoms with E-state index in [1.807, 2.05) is 42.5 Å². The van der Waals surface area contributed by atoms with Gasteiger partial charge in [0.2, 0.25) is 5.60 Å². The Kier molecular flexibility index (Phi) is 9.87. The van der Waals surface area contributed by atoms with Crippen molar-refractivity contribution in [3.05, 3.63) is 108 Å². The maximum atomic E-state index is 13.6. The van der Waals surface area contributed by atoms with E-state index in [1.54, 1.807) is 48.5 Å². The number of hydrogen-bond acceptors (Lipinski definition) is 6. The van der Waals surface area contributed by atoms with Gasteiger partial charge < -0.3 is 29.5 Å². The van der Waals surface area contributed by atoms with Crippen LogP contribution in [0.15, 0.2) is 91.0 Å². The molecule has 11 heteroatoms. The van der Waals surface area contributed by atoms with E-state index in [1.165, 1.54) is 0 Å². The minimum absolute atomic E-state index is 0.00866. The van der Waals surface area contributed by atoms with Crippen molar-refractivity contribution < 1.29 is 47.0 Å². The molecule has 8 nitrogen and oxygen atoms in total. The largest absolute Gasteiger partial charge is 0.542 e. The normalized spacial score (nSPS) is 21.2. The fourth-order valence-corrected chi connectivity index (χ4v) is 5.72. The van der Waals surface area contributed by atoms with E-state index in [-0.39, 0.29) is 17.9 Å².